The van der Waals surface area contributed by atoms with E-state index in [4.69, 9.17) is 9.84 Å². The Labute approximate surface area is 119 Å². The first-order chi connectivity index (χ1) is 9.54. The molecule has 6 atom stereocenters. The van der Waals surface area contributed by atoms with Crippen LogP contribution < -0.4 is 0 Å². The third-order valence-electron chi connectivity index (χ3n) is 3.26. The van der Waals surface area contributed by atoms with Crippen LogP contribution in [0.2, 0.25) is 0 Å². The van der Waals surface area contributed by atoms with Gasteiger partial charge in [0.2, 0.25) is 0 Å². The quantitative estimate of drug-likeness (QED) is 0.553. The predicted molar refractivity (Wildman–Crippen MR) is 72.1 cm³/mol. The Hall–Kier alpha value is -0.830. The Morgan fingerprint density at radius 2 is 1.70 bits per heavy atom. The molecule has 1 aromatic carbocycles. The second-order valence-electron chi connectivity index (χ2n) is 4.71. The number of benzene rings is 1. The molecule has 0 saturated carbocycles. The van der Waals surface area contributed by atoms with E-state index in [1.165, 1.54) is 0 Å². The molecule has 1 aromatic rings. The zero-order valence-corrected chi connectivity index (χ0v) is 11.5. The highest BCUT2D eigenvalue weighted by Gasteiger charge is 2.45. The van der Waals surface area contributed by atoms with Crippen molar-refractivity contribution in [3.63, 3.8) is 0 Å². The SMILES string of the molecule is O=S(Cc1ccccc1)[C@@H]1O[C@H](CO)[C@@H](O)[C@H](O)[C@H]1O. The molecule has 4 N–H and O–H groups in total. The van der Waals surface area contributed by atoms with E-state index in [9.17, 15) is 19.5 Å². The second kappa shape index (κ2) is 6.75. The maximum Gasteiger partial charge on any atom is 0.161 e. The van der Waals surface area contributed by atoms with Crippen molar-refractivity contribution in [1.29, 1.82) is 0 Å². The highest BCUT2D eigenvalue weighted by Crippen LogP contribution is 2.24. The van der Waals surface area contributed by atoms with Gasteiger partial charge in [-0.3, -0.25) is 4.21 Å². The van der Waals surface area contributed by atoms with Crippen molar-refractivity contribution >= 4 is 10.8 Å². The number of aliphatic hydroxyl groups excluding tert-OH is 4. The molecule has 0 aromatic heterocycles. The van der Waals surface area contributed by atoms with Gasteiger partial charge in [-0.1, -0.05) is 30.3 Å². The fourth-order valence-corrected chi connectivity index (χ4v) is 3.53. The lowest BCUT2D eigenvalue weighted by atomic mass is 10.0. The van der Waals surface area contributed by atoms with Crippen LogP contribution in [0.4, 0.5) is 0 Å². The summed E-state index contributed by atoms with van der Waals surface area (Å²) in [7, 11) is -1.60. The smallest absolute Gasteiger partial charge is 0.161 e. The van der Waals surface area contributed by atoms with Crippen LogP contribution >= 0.6 is 0 Å². The standard InChI is InChI=1S/C13H18O6S/c14-6-9-10(15)11(16)12(17)13(19-9)20(18)7-8-4-2-1-3-5-8/h1-5,9-17H,6-7H2/t9-,10-,11+,12-,13+,20?/m1/s1. The van der Waals surface area contributed by atoms with Gasteiger partial charge in [0.15, 0.2) is 5.44 Å². The first-order valence-corrected chi connectivity index (χ1v) is 7.64. The average Bonchev–Trinajstić information content (AvgIpc) is 2.46. The van der Waals surface area contributed by atoms with Crippen LogP contribution in [0.3, 0.4) is 0 Å². The van der Waals surface area contributed by atoms with E-state index in [0.717, 1.165) is 5.56 Å². The third kappa shape index (κ3) is 3.25. The molecule has 1 heterocycles. The summed E-state index contributed by atoms with van der Waals surface area (Å²) in [6, 6.07) is 9.03. The summed E-state index contributed by atoms with van der Waals surface area (Å²) >= 11 is 0. The van der Waals surface area contributed by atoms with E-state index in [2.05, 4.69) is 0 Å². The van der Waals surface area contributed by atoms with Gasteiger partial charge in [-0.25, -0.2) is 0 Å². The van der Waals surface area contributed by atoms with E-state index in [1.54, 1.807) is 24.3 Å². The molecular weight excluding hydrogens is 284 g/mol. The van der Waals surface area contributed by atoms with E-state index in [1.807, 2.05) is 6.07 Å². The molecule has 0 amide bonds. The maximum absolute atomic E-state index is 12.2. The highest BCUT2D eigenvalue weighted by molar-refractivity contribution is 7.84. The zero-order chi connectivity index (χ0) is 14.7. The maximum atomic E-state index is 12.2. The van der Waals surface area contributed by atoms with Crippen LogP contribution in [0, 0.1) is 0 Å². The van der Waals surface area contributed by atoms with Gasteiger partial charge in [-0.2, -0.15) is 0 Å². The van der Waals surface area contributed by atoms with Crippen LogP contribution in [-0.2, 0) is 21.3 Å². The van der Waals surface area contributed by atoms with Crippen molar-refractivity contribution in [1.82, 2.24) is 0 Å². The van der Waals surface area contributed by atoms with Gasteiger partial charge >= 0.3 is 0 Å². The number of hydrogen-bond acceptors (Lipinski definition) is 6. The van der Waals surface area contributed by atoms with Crippen LogP contribution in [0.25, 0.3) is 0 Å². The summed E-state index contributed by atoms with van der Waals surface area (Å²) in [5, 5.41) is 38.2. The first-order valence-electron chi connectivity index (χ1n) is 6.26. The minimum atomic E-state index is -1.60. The van der Waals surface area contributed by atoms with Gasteiger partial charge in [0.05, 0.1) is 23.2 Å². The normalized spacial score (nSPS) is 35.7. The molecule has 6 nitrogen and oxygen atoms in total. The Bertz CT molecular complexity index is 451. The number of hydrogen-bond donors (Lipinski definition) is 4. The summed E-state index contributed by atoms with van der Waals surface area (Å²) in [6.07, 6.45) is -5.42. The van der Waals surface area contributed by atoms with Crippen molar-refractivity contribution in [2.24, 2.45) is 0 Å². The lowest BCUT2D eigenvalue weighted by Crippen LogP contribution is -2.59. The molecule has 20 heavy (non-hydrogen) atoms. The summed E-state index contributed by atoms with van der Waals surface area (Å²) in [4.78, 5) is 0. The summed E-state index contributed by atoms with van der Waals surface area (Å²) in [5.74, 6) is 0.156. The fourth-order valence-electron chi connectivity index (χ4n) is 2.11. The van der Waals surface area contributed by atoms with Crippen molar-refractivity contribution in [3.8, 4) is 0 Å². The van der Waals surface area contributed by atoms with Crippen LogP contribution in [0.5, 0.6) is 0 Å². The van der Waals surface area contributed by atoms with Crippen molar-refractivity contribution in [2.75, 3.05) is 6.61 Å². The topological polar surface area (TPSA) is 107 Å². The van der Waals surface area contributed by atoms with Crippen LogP contribution in [0.1, 0.15) is 5.56 Å². The number of ether oxygens (including phenoxy) is 1. The Morgan fingerprint density at radius 3 is 2.30 bits per heavy atom. The minimum Gasteiger partial charge on any atom is -0.394 e. The Morgan fingerprint density at radius 1 is 1.05 bits per heavy atom. The first kappa shape index (κ1) is 15.6. The third-order valence-corrected chi connectivity index (χ3v) is 4.79. The predicted octanol–water partition coefficient (Wildman–Crippen LogP) is -1.26. The van der Waals surface area contributed by atoms with Crippen LogP contribution in [0.15, 0.2) is 30.3 Å². The Kier molecular flexibility index (Phi) is 5.25. The Balaban J connectivity index is 2.08. The molecule has 1 aliphatic rings. The zero-order valence-electron chi connectivity index (χ0n) is 10.7. The van der Waals surface area contributed by atoms with Crippen LogP contribution in [-0.4, -0.2) is 61.1 Å². The molecule has 1 fully saturated rings. The summed E-state index contributed by atoms with van der Waals surface area (Å²) < 4.78 is 17.5. The van der Waals surface area contributed by atoms with Crippen molar-refractivity contribution in [2.45, 2.75) is 35.6 Å². The summed E-state index contributed by atoms with van der Waals surface area (Å²) in [6.45, 7) is -0.524. The largest absolute Gasteiger partial charge is 0.394 e. The monoisotopic (exact) mass is 302 g/mol. The van der Waals surface area contributed by atoms with Gasteiger partial charge in [0, 0.05) is 0 Å². The van der Waals surface area contributed by atoms with E-state index in [0.29, 0.717) is 0 Å². The second-order valence-corrected chi connectivity index (χ2v) is 6.22. The van der Waals surface area contributed by atoms with E-state index < -0.39 is 47.3 Å². The molecule has 112 valence electrons. The fraction of sp³-hybridized carbons (Fsp3) is 0.538. The number of aliphatic hydroxyl groups is 4. The van der Waals surface area contributed by atoms with E-state index in [-0.39, 0.29) is 5.75 Å². The van der Waals surface area contributed by atoms with Gasteiger partial charge in [0.25, 0.3) is 0 Å². The molecule has 7 heteroatoms. The molecule has 2 rings (SSSR count). The molecule has 1 saturated heterocycles. The summed E-state index contributed by atoms with van der Waals surface area (Å²) in [5.41, 5.74) is -0.339. The number of rotatable bonds is 4. The average molecular weight is 302 g/mol. The molecule has 0 radical (unpaired) electrons. The molecule has 0 aliphatic carbocycles. The lowest BCUT2D eigenvalue weighted by Gasteiger charge is -2.39. The molecule has 0 bridgehead atoms. The molecule has 1 aliphatic heterocycles. The van der Waals surface area contributed by atoms with Crippen molar-refractivity contribution < 1.29 is 29.4 Å². The molecule has 1 unspecified atom stereocenters. The molecule has 0 spiro atoms. The van der Waals surface area contributed by atoms with Gasteiger partial charge in [-0.05, 0) is 5.56 Å². The molecular formula is C13H18O6S. The van der Waals surface area contributed by atoms with Gasteiger partial charge in [0.1, 0.15) is 24.4 Å². The van der Waals surface area contributed by atoms with Gasteiger partial charge < -0.3 is 25.2 Å². The minimum absolute atomic E-state index is 0.156. The highest BCUT2D eigenvalue weighted by atomic mass is 32.2. The van der Waals surface area contributed by atoms with Crippen molar-refractivity contribution in [3.05, 3.63) is 35.9 Å². The lowest BCUT2D eigenvalue weighted by molar-refractivity contribution is -0.206. The van der Waals surface area contributed by atoms with E-state index >= 15 is 0 Å². The van der Waals surface area contributed by atoms with Gasteiger partial charge in [-0.15, -0.1) is 0 Å².